The van der Waals surface area contributed by atoms with Crippen molar-refractivity contribution in [3.8, 4) is 11.8 Å². The van der Waals surface area contributed by atoms with Gasteiger partial charge >= 0.3 is 12.2 Å². The van der Waals surface area contributed by atoms with Crippen LogP contribution in [0.1, 0.15) is 109 Å². The van der Waals surface area contributed by atoms with E-state index in [1.807, 2.05) is 64.6 Å². The highest BCUT2D eigenvalue weighted by Crippen LogP contribution is 2.53. The molecule has 4 aromatic carbocycles. The summed E-state index contributed by atoms with van der Waals surface area (Å²) in [7, 11) is 0. The second kappa shape index (κ2) is 12.5. The van der Waals surface area contributed by atoms with Crippen molar-refractivity contribution in [3.63, 3.8) is 0 Å². The number of carbonyl (C=O) groups is 2. The molecule has 276 valence electrons. The first-order valence-electron chi connectivity index (χ1n) is 19.1. The van der Waals surface area contributed by atoms with E-state index < -0.39 is 17.3 Å². The van der Waals surface area contributed by atoms with Crippen LogP contribution in [0, 0.1) is 23.7 Å². The van der Waals surface area contributed by atoms with Crippen LogP contribution in [0.15, 0.2) is 60.7 Å². The zero-order chi connectivity index (χ0) is 37.5. The van der Waals surface area contributed by atoms with Crippen LogP contribution in [0.3, 0.4) is 0 Å². The first-order chi connectivity index (χ1) is 25.7. The van der Waals surface area contributed by atoms with Crippen molar-refractivity contribution in [3.05, 3.63) is 83.4 Å². The fourth-order valence-corrected chi connectivity index (χ4v) is 7.92. The standard InChI is InChI=1S/C44H46N6O4/c1-43(2,3)53-41(51)47-34(21-26-9-10-26)39-45-32-17-13-27-19-24(11-15-30(27)37(32)48-39)7-8-25-12-16-31-28(20-25)14-18-33-38(31)49-40(46-33)36-23-29-22-35(29)50(36)42(52)54-44(4,5)6/h11-20,26,29,34-36H,9-10,21-23H2,1-6H3,(H,45,48)(H,46,49)(H,47,51)/t29?,34-,35?,36-/m0/s1. The maximum atomic E-state index is 13.2. The molecule has 4 atom stereocenters. The van der Waals surface area contributed by atoms with Gasteiger partial charge in [0.2, 0.25) is 0 Å². The second-order valence-corrected chi connectivity index (χ2v) is 17.4. The number of imidazole rings is 2. The molecule has 0 radical (unpaired) electrons. The number of amides is 2. The molecule has 0 spiro atoms. The number of ether oxygens (including phenoxy) is 2. The number of nitrogens with one attached hydrogen (secondary N) is 3. The molecular weight excluding hydrogens is 677 g/mol. The zero-order valence-electron chi connectivity index (χ0n) is 31.7. The Labute approximate surface area is 314 Å². The lowest BCUT2D eigenvalue weighted by atomic mass is 10.0. The largest absolute Gasteiger partial charge is 0.444 e. The minimum absolute atomic E-state index is 0.116. The Balaban J connectivity index is 0.953. The Bertz CT molecular complexity index is 2540. The topological polar surface area (TPSA) is 125 Å². The van der Waals surface area contributed by atoms with Gasteiger partial charge in [0, 0.05) is 27.9 Å². The van der Waals surface area contributed by atoms with Gasteiger partial charge in [-0.3, -0.25) is 4.90 Å². The third kappa shape index (κ3) is 6.84. The molecule has 1 aliphatic heterocycles. The molecule has 54 heavy (non-hydrogen) atoms. The number of hydrogen-bond donors (Lipinski definition) is 3. The van der Waals surface area contributed by atoms with Crippen LogP contribution in [-0.2, 0) is 9.47 Å². The molecule has 2 unspecified atom stereocenters. The molecule has 3 aliphatic rings. The van der Waals surface area contributed by atoms with Gasteiger partial charge in [-0.05, 0) is 120 Å². The van der Waals surface area contributed by atoms with Gasteiger partial charge in [-0.15, -0.1) is 0 Å². The van der Waals surface area contributed by atoms with E-state index in [9.17, 15) is 9.59 Å². The van der Waals surface area contributed by atoms with E-state index in [1.54, 1.807) is 0 Å². The van der Waals surface area contributed by atoms with Gasteiger partial charge in [0.1, 0.15) is 22.9 Å². The summed E-state index contributed by atoms with van der Waals surface area (Å²) >= 11 is 0. The number of rotatable bonds is 5. The van der Waals surface area contributed by atoms with E-state index in [-0.39, 0.29) is 24.2 Å². The van der Waals surface area contributed by atoms with Gasteiger partial charge in [0.25, 0.3) is 0 Å². The molecule has 10 heteroatoms. The van der Waals surface area contributed by atoms with Crippen LogP contribution >= 0.6 is 0 Å². The van der Waals surface area contributed by atoms with Gasteiger partial charge in [-0.2, -0.15) is 0 Å². The Morgan fingerprint density at radius 3 is 2.04 bits per heavy atom. The lowest BCUT2D eigenvalue weighted by Gasteiger charge is -2.29. The van der Waals surface area contributed by atoms with Gasteiger partial charge in [0.05, 0.1) is 34.2 Å². The van der Waals surface area contributed by atoms with Gasteiger partial charge in [-0.1, -0.05) is 48.9 Å². The molecule has 3 fully saturated rings. The predicted molar refractivity (Wildman–Crippen MR) is 210 cm³/mol. The molecule has 3 heterocycles. The lowest BCUT2D eigenvalue weighted by Crippen LogP contribution is -2.38. The van der Waals surface area contributed by atoms with Crippen molar-refractivity contribution >= 4 is 55.8 Å². The quantitative estimate of drug-likeness (QED) is 0.152. The SMILES string of the molecule is CC(C)(C)OC(=O)N[C@@H](CC1CC1)c1nc2c(ccc3cc(C#Cc4ccc5c(ccc6[nH]c([C@@H]7CC8CC8N7C(=O)OC(C)(C)C)nc65)c4)ccc32)[nH]1. The fraction of sp³-hybridized carbons (Fsp3) is 0.409. The average molecular weight is 723 g/mol. The highest BCUT2D eigenvalue weighted by Gasteiger charge is 2.56. The number of carbonyl (C=O) groups excluding carboxylic acids is 2. The van der Waals surface area contributed by atoms with Crippen molar-refractivity contribution in [1.29, 1.82) is 0 Å². The normalized spacial score (nSPS) is 20.2. The molecule has 2 aromatic heterocycles. The smallest absolute Gasteiger partial charge is 0.411 e. The van der Waals surface area contributed by atoms with Crippen LogP contribution in [0.25, 0.3) is 43.6 Å². The van der Waals surface area contributed by atoms with Crippen LogP contribution in [-0.4, -0.2) is 54.3 Å². The Hall–Kier alpha value is -5.56. The van der Waals surface area contributed by atoms with Crippen molar-refractivity contribution in [1.82, 2.24) is 30.2 Å². The van der Waals surface area contributed by atoms with E-state index in [2.05, 4.69) is 69.6 Å². The monoisotopic (exact) mass is 722 g/mol. The summed E-state index contributed by atoms with van der Waals surface area (Å²) in [5, 5.41) is 7.24. The molecule has 0 bridgehead atoms. The number of alkyl carbamates (subject to hydrolysis) is 1. The van der Waals surface area contributed by atoms with Crippen LogP contribution in [0.2, 0.25) is 0 Å². The number of aromatic amines is 2. The van der Waals surface area contributed by atoms with Gasteiger partial charge in [0.15, 0.2) is 0 Å². The third-order valence-electron chi connectivity index (χ3n) is 10.6. The van der Waals surface area contributed by atoms with Crippen LogP contribution in [0.4, 0.5) is 9.59 Å². The Morgan fingerprint density at radius 2 is 1.43 bits per heavy atom. The molecule has 3 N–H and O–H groups in total. The maximum absolute atomic E-state index is 13.2. The highest BCUT2D eigenvalue weighted by molar-refractivity contribution is 6.05. The maximum Gasteiger partial charge on any atom is 0.411 e. The van der Waals surface area contributed by atoms with Crippen molar-refractivity contribution in [2.24, 2.45) is 11.8 Å². The van der Waals surface area contributed by atoms with Gasteiger partial charge in [-0.25, -0.2) is 19.6 Å². The summed E-state index contributed by atoms with van der Waals surface area (Å²) in [6.45, 7) is 11.3. The Morgan fingerprint density at radius 1 is 0.815 bits per heavy atom. The molecule has 10 nitrogen and oxygen atoms in total. The van der Waals surface area contributed by atoms with E-state index >= 15 is 0 Å². The molecule has 6 aromatic rings. The van der Waals surface area contributed by atoms with Gasteiger partial charge < -0.3 is 24.8 Å². The number of benzene rings is 4. The summed E-state index contributed by atoms with van der Waals surface area (Å²) in [6.07, 6.45) is 4.42. The van der Waals surface area contributed by atoms with E-state index in [4.69, 9.17) is 19.4 Å². The summed E-state index contributed by atoms with van der Waals surface area (Å²) in [5.41, 5.74) is 4.35. The molecule has 2 aliphatic carbocycles. The summed E-state index contributed by atoms with van der Waals surface area (Å²) in [6, 6.07) is 20.6. The molecule has 2 saturated carbocycles. The van der Waals surface area contributed by atoms with Crippen LogP contribution in [0.5, 0.6) is 0 Å². The van der Waals surface area contributed by atoms with Crippen molar-refractivity contribution < 1.29 is 19.1 Å². The summed E-state index contributed by atoms with van der Waals surface area (Å²) in [5.74, 6) is 9.39. The molecular formula is C44H46N6O4. The van der Waals surface area contributed by atoms with Crippen molar-refractivity contribution in [2.75, 3.05) is 0 Å². The second-order valence-electron chi connectivity index (χ2n) is 17.4. The molecule has 1 saturated heterocycles. The number of H-pyrrole nitrogens is 2. The highest BCUT2D eigenvalue weighted by atomic mass is 16.6. The number of nitrogens with zero attached hydrogens (tertiary/aromatic N) is 3. The van der Waals surface area contributed by atoms with Crippen molar-refractivity contribution in [2.45, 2.75) is 103 Å². The minimum atomic E-state index is -0.574. The number of piperidine rings is 1. The number of hydrogen-bond acceptors (Lipinski definition) is 6. The first kappa shape index (κ1) is 34.2. The summed E-state index contributed by atoms with van der Waals surface area (Å²) < 4.78 is 11.3. The summed E-state index contributed by atoms with van der Waals surface area (Å²) in [4.78, 5) is 44.8. The first-order valence-corrected chi connectivity index (χ1v) is 19.1. The average Bonchev–Trinajstić information content (AvgIpc) is 3.92. The van der Waals surface area contributed by atoms with E-state index in [0.717, 1.165) is 85.6 Å². The molecule has 2 amide bonds. The van der Waals surface area contributed by atoms with E-state index in [1.165, 1.54) is 12.8 Å². The fourth-order valence-electron chi connectivity index (χ4n) is 7.92. The molecule has 9 rings (SSSR count). The Kier molecular flexibility index (Phi) is 7.93. The predicted octanol–water partition coefficient (Wildman–Crippen LogP) is 9.58. The zero-order valence-corrected chi connectivity index (χ0v) is 31.7. The number of aromatic nitrogens is 4. The lowest BCUT2D eigenvalue weighted by molar-refractivity contribution is 0.0175. The van der Waals surface area contributed by atoms with E-state index in [0.29, 0.717) is 11.8 Å². The third-order valence-corrected chi connectivity index (χ3v) is 10.6. The number of fused-ring (bicyclic) bond motifs is 7. The minimum Gasteiger partial charge on any atom is -0.444 e. The van der Waals surface area contributed by atoms with Crippen LogP contribution < -0.4 is 5.32 Å². The number of likely N-dealkylation sites (tertiary alicyclic amines) is 1.